The number of carbonyl (C=O) groups excluding carboxylic acids is 1. The number of carbonyl (C=O) groups is 1. The van der Waals surface area contributed by atoms with Crippen LogP contribution in [0.1, 0.15) is 12.8 Å². The van der Waals surface area contributed by atoms with E-state index in [1.54, 1.807) is 0 Å². The maximum atomic E-state index is 10.8. The first-order chi connectivity index (χ1) is 6.66. The predicted molar refractivity (Wildman–Crippen MR) is 49.9 cm³/mol. The number of nitrogens with one attached hydrogen (secondary N) is 1. The molecule has 0 aromatic carbocycles. The molecule has 5 heteroatoms. The second-order valence-corrected chi connectivity index (χ2v) is 3.52. The van der Waals surface area contributed by atoms with Crippen molar-refractivity contribution in [1.29, 1.82) is 0 Å². The Hall–Kier alpha value is -0.650. The van der Waals surface area contributed by atoms with Crippen molar-refractivity contribution in [2.45, 2.75) is 18.4 Å². The highest BCUT2D eigenvalue weighted by Gasteiger charge is 2.29. The van der Waals surface area contributed by atoms with Gasteiger partial charge in [0.15, 0.2) is 0 Å². The Morgan fingerprint density at radius 1 is 1.57 bits per heavy atom. The number of esters is 1. The second-order valence-electron chi connectivity index (χ2n) is 3.52. The van der Waals surface area contributed by atoms with Crippen LogP contribution >= 0.6 is 0 Å². The van der Waals surface area contributed by atoms with Crippen LogP contribution < -0.4 is 5.32 Å². The number of hydrogen-bond donors (Lipinski definition) is 2. The van der Waals surface area contributed by atoms with Gasteiger partial charge in [0.1, 0.15) is 0 Å². The molecule has 14 heavy (non-hydrogen) atoms. The molecule has 0 aromatic heterocycles. The zero-order valence-electron chi connectivity index (χ0n) is 8.41. The molecule has 2 N–H and O–H groups in total. The third-order valence-corrected chi connectivity index (χ3v) is 2.37. The average Bonchev–Trinajstić information content (AvgIpc) is 2.18. The Labute approximate surface area is 83.4 Å². The standard InChI is InChI=1S/C9H17NO4/c1-13-8(11)6-10-7-9(12)2-4-14-5-3-9/h10,12H,2-7H2,1H3. The number of methoxy groups -OCH3 is 1. The lowest BCUT2D eigenvalue weighted by Crippen LogP contribution is -2.46. The maximum Gasteiger partial charge on any atom is 0.319 e. The highest BCUT2D eigenvalue weighted by Crippen LogP contribution is 2.18. The normalized spacial score (nSPS) is 20.4. The number of ether oxygens (including phenoxy) is 2. The van der Waals surface area contributed by atoms with Crippen molar-refractivity contribution in [2.24, 2.45) is 0 Å². The number of rotatable bonds is 4. The van der Waals surface area contributed by atoms with Gasteiger partial charge in [0.2, 0.25) is 0 Å². The molecule has 5 nitrogen and oxygen atoms in total. The predicted octanol–water partition coefficient (Wildman–Crippen LogP) is -0.709. The summed E-state index contributed by atoms with van der Waals surface area (Å²) < 4.78 is 9.60. The Morgan fingerprint density at radius 3 is 2.79 bits per heavy atom. The first-order valence-corrected chi connectivity index (χ1v) is 4.74. The van der Waals surface area contributed by atoms with Gasteiger partial charge in [-0.1, -0.05) is 0 Å². The summed E-state index contributed by atoms with van der Waals surface area (Å²) in [5, 5.41) is 12.8. The lowest BCUT2D eigenvalue weighted by molar-refractivity contribution is -0.139. The van der Waals surface area contributed by atoms with Gasteiger partial charge in [-0.25, -0.2) is 0 Å². The molecule has 82 valence electrons. The highest BCUT2D eigenvalue weighted by molar-refractivity contribution is 5.71. The molecule has 0 aromatic rings. The van der Waals surface area contributed by atoms with Crippen LogP contribution in [0, 0.1) is 0 Å². The molecule has 0 atom stereocenters. The summed E-state index contributed by atoms with van der Waals surface area (Å²) in [7, 11) is 1.34. The van der Waals surface area contributed by atoms with Gasteiger partial charge in [-0.05, 0) is 0 Å². The molecular weight excluding hydrogens is 186 g/mol. The third-order valence-electron chi connectivity index (χ3n) is 2.37. The van der Waals surface area contributed by atoms with Crippen molar-refractivity contribution in [3.05, 3.63) is 0 Å². The Balaban J connectivity index is 2.18. The molecule has 1 fully saturated rings. The lowest BCUT2D eigenvalue weighted by Gasteiger charge is -2.32. The van der Waals surface area contributed by atoms with E-state index in [-0.39, 0.29) is 12.5 Å². The molecule has 1 rings (SSSR count). The molecule has 1 aliphatic rings. The molecule has 0 radical (unpaired) electrons. The SMILES string of the molecule is COC(=O)CNCC1(O)CCOCC1. The summed E-state index contributed by atoms with van der Waals surface area (Å²) in [5.41, 5.74) is -0.730. The fourth-order valence-corrected chi connectivity index (χ4v) is 1.40. The molecule has 0 saturated carbocycles. The zero-order chi connectivity index (χ0) is 10.4. The van der Waals surface area contributed by atoms with E-state index in [2.05, 4.69) is 10.1 Å². The van der Waals surface area contributed by atoms with Crippen LogP contribution in [0.25, 0.3) is 0 Å². The van der Waals surface area contributed by atoms with Crippen LogP contribution in [-0.4, -0.2) is 50.1 Å². The van der Waals surface area contributed by atoms with Gasteiger partial charge in [-0.3, -0.25) is 4.79 Å². The van der Waals surface area contributed by atoms with Gasteiger partial charge in [0, 0.05) is 32.6 Å². The van der Waals surface area contributed by atoms with Crippen LogP contribution in [0.15, 0.2) is 0 Å². The lowest BCUT2D eigenvalue weighted by atomic mass is 9.94. The topological polar surface area (TPSA) is 67.8 Å². The van der Waals surface area contributed by atoms with Crippen LogP contribution in [0.4, 0.5) is 0 Å². The summed E-state index contributed by atoms with van der Waals surface area (Å²) in [4.78, 5) is 10.8. The van der Waals surface area contributed by atoms with Gasteiger partial charge in [-0.2, -0.15) is 0 Å². The van der Waals surface area contributed by atoms with E-state index >= 15 is 0 Å². The Kier molecular flexibility index (Phi) is 4.31. The monoisotopic (exact) mass is 203 g/mol. The smallest absolute Gasteiger partial charge is 0.319 e. The molecule has 1 saturated heterocycles. The van der Waals surface area contributed by atoms with E-state index in [9.17, 15) is 9.90 Å². The highest BCUT2D eigenvalue weighted by atomic mass is 16.5. The van der Waals surface area contributed by atoms with E-state index in [4.69, 9.17) is 4.74 Å². The van der Waals surface area contributed by atoms with Crippen molar-refractivity contribution in [1.82, 2.24) is 5.32 Å². The maximum absolute atomic E-state index is 10.8. The summed E-state index contributed by atoms with van der Waals surface area (Å²) in [6, 6.07) is 0. The van der Waals surface area contributed by atoms with E-state index in [0.717, 1.165) is 0 Å². The van der Waals surface area contributed by atoms with Crippen molar-refractivity contribution in [3.8, 4) is 0 Å². The first kappa shape index (κ1) is 11.4. The van der Waals surface area contributed by atoms with Crippen molar-refractivity contribution in [2.75, 3.05) is 33.4 Å². The average molecular weight is 203 g/mol. The quantitative estimate of drug-likeness (QED) is 0.591. The molecule has 0 aliphatic carbocycles. The van der Waals surface area contributed by atoms with E-state index in [1.807, 2.05) is 0 Å². The van der Waals surface area contributed by atoms with Gasteiger partial charge in [0.05, 0.1) is 19.3 Å². The van der Waals surface area contributed by atoms with Crippen molar-refractivity contribution < 1.29 is 19.4 Å². The molecule has 0 spiro atoms. The van der Waals surface area contributed by atoms with Crippen molar-refractivity contribution >= 4 is 5.97 Å². The van der Waals surface area contributed by atoms with Crippen molar-refractivity contribution in [3.63, 3.8) is 0 Å². The fourth-order valence-electron chi connectivity index (χ4n) is 1.40. The summed E-state index contributed by atoms with van der Waals surface area (Å²) >= 11 is 0. The van der Waals surface area contributed by atoms with Crippen LogP contribution in [-0.2, 0) is 14.3 Å². The zero-order valence-corrected chi connectivity index (χ0v) is 8.41. The summed E-state index contributed by atoms with van der Waals surface area (Å²) in [6.07, 6.45) is 1.22. The van der Waals surface area contributed by atoms with E-state index in [0.29, 0.717) is 32.6 Å². The second kappa shape index (κ2) is 5.29. The van der Waals surface area contributed by atoms with Gasteiger partial charge >= 0.3 is 5.97 Å². The van der Waals surface area contributed by atoms with Crippen LogP contribution in [0.2, 0.25) is 0 Å². The third kappa shape index (κ3) is 3.61. The van der Waals surface area contributed by atoms with E-state index in [1.165, 1.54) is 7.11 Å². The molecular formula is C9H17NO4. The van der Waals surface area contributed by atoms with Gasteiger partial charge in [-0.15, -0.1) is 0 Å². The molecule has 0 bridgehead atoms. The molecule has 1 aliphatic heterocycles. The minimum Gasteiger partial charge on any atom is -0.468 e. The minimum atomic E-state index is -0.730. The van der Waals surface area contributed by atoms with Crippen LogP contribution in [0.5, 0.6) is 0 Å². The molecule has 0 amide bonds. The fraction of sp³-hybridized carbons (Fsp3) is 0.889. The Morgan fingerprint density at radius 2 is 2.21 bits per heavy atom. The molecule has 1 heterocycles. The summed E-state index contributed by atoms with van der Waals surface area (Å²) in [5.74, 6) is -0.319. The summed E-state index contributed by atoms with van der Waals surface area (Å²) in [6.45, 7) is 1.71. The van der Waals surface area contributed by atoms with E-state index < -0.39 is 5.60 Å². The first-order valence-electron chi connectivity index (χ1n) is 4.74. The van der Waals surface area contributed by atoms with Gasteiger partial charge in [0.25, 0.3) is 0 Å². The molecule has 0 unspecified atom stereocenters. The number of aliphatic hydroxyl groups is 1. The van der Waals surface area contributed by atoms with Gasteiger partial charge < -0.3 is 19.9 Å². The minimum absolute atomic E-state index is 0.139. The van der Waals surface area contributed by atoms with Crippen LogP contribution in [0.3, 0.4) is 0 Å². The Bertz CT molecular complexity index is 189. The largest absolute Gasteiger partial charge is 0.468 e. The number of hydrogen-bond acceptors (Lipinski definition) is 5.